The van der Waals surface area contributed by atoms with E-state index in [0.29, 0.717) is 6.07 Å². The summed E-state index contributed by atoms with van der Waals surface area (Å²) in [6.07, 6.45) is -2.85. The van der Waals surface area contributed by atoms with E-state index in [2.05, 4.69) is 20.9 Å². The van der Waals surface area contributed by atoms with Crippen LogP contribution in [-0.2, 0) is 0 Å². The van der Waals surface area contributed by atoms with Gasteiger partial charge in [0.2, 0.25) is 0 Å². The number of hydrogen-bond donors (Lipinski definition) is 0. The normalized spacial score (nSPS) is 10.2. The lowest BCUT2D eigenvalue weighted by atomic mass is 10.2. The minimum atomic E-state index is -2.85. The maximum Gasteiger partial charge on any atom is 0.280 e. The molecule has 0 spiro atoms. The fourth-order valence-electron chi connectivity index (χ4n) is 0.713. The minimum absolute atomic E-state index is 0.203. The smallest absolute Gasteiger partial charge is 0.238 e. The van der Waals surface area contributed by atoms with Gasteiger partial charge in [-0.05, 0) is 15.9 Å². The van der Waals surface area contributed by atoms with Crippen LogP contribution < -0.4 is 0 Å². The maximum absolute atomic E-state index is 12.8. The van der Waals surface area contributed by atoms with E-state index >= 15 is 0 Å². The van der Waals surface area contributed by atoms with Crippen molar-refractivity contribution in [2.24, 2.45) is 0 Å². The largest absolute Gasteiger partial charge is 0.280 e. The van der Waals surface area contributed by atoms with Gasteiger partial charge in [-0.15, -0.1) is 0 Å². The molecule has 0 unspecified atom stereocenters. The molecule has 0 amide bonds. The van der Waals surface area contributed by atoms with Crippen molar-refractivity contribution in [1.82, 2.24) is 4.98 Å². The van der Waals surface area contributed by atoms with Crippen LogP contribution in [-0.4, -0.2) is 4.98 Å². The number of aromatic nitrogens is 1. The lowest BCUT2D eigenvalue weighted by molar-refractivity contribution is 0.145. The molecule has 6 heteroatoms. The summed E-state index contributed by atoms with van der Waals surface area (Å²) in [6, 6.07) is 2.05. The second-order valence-electron chi connectivity index (χ2n) is 2.11. The predicted molar refractivity (Wildman–Crippen MR) is 41.6 cm³/mol. The SMILES string of the molecule is N#Cc1c(F)cc(C(F)F)nc1Br. The van der Waals surface area contributed by atoms with Crippen LogP contribution in [0.1, 0.15) is 17.7 Å². The summed E-state index contributed by atoms with van der Waals surface area (Å²) in [7, 11) is 0. The van der Waals surface area contributed by atoms with Crippen molar-refractivity contribution in [3.63, 3.8) is 0 Å². The molecule has 2 nitrogen and oxygen atoms in total. The van der Waals surface area contributed by atoms with E-state index < -0.39 is 17.9 Å². The van der Waals surface area contributed by atoms with Crippen molar-refractivity contribution in [2.75, 3.05) is 0 Å². The lowest BCUT2D eigenvalue weighted by Crippen LogP contribution is -1.96. The van der Waals surface area contributed by atoms with E-state index in [4.69, 9.17) is 5.26 Å². The fourth-order valence-corrected chi connectivity index (χ4v) is 1.20. The molecule has 1 heterocycles. The summed E-state index contributed by atoms with van der Waals surface area (Å²) in [6.45, 7) is 0. The van der Waals surface area contributed by atoms with E-state index in [1.807, 2.05) is 0 Å². The Kier molecular flexibility index (Phi) is 2.88. The molecule has 68 valence electrons. The van der Waals surface area contributed by atoms with Crippen molar-refractivity contribution < 1.29 is 13.2 Å². The molecule has 0 radical (unpaired) electrons. The first-order valence-electron chi connectivity index (χ1n) is 3.10. The van der Waals surface area contributed by atoms with Gasteiger partial charge in [-0.1, -0.05) is 0 Å². The van der Waals surface area contributed by atoms with Gasteiger partial charge >= 0.3 is 0 Å². The average molecular weight is 251 g/mol. The van der Waals surface area contributed by atoms with Gasteiger partial charge in [0.15, 0.2) is 0 Å². The second kappa shape index (κ2) is 3.75. The zero-order chi connectivity index (χ0) is 10.0. The number of nitrogens with zero attached hydrogens (tertiary/aromatic N) is 2. The number of halogens is 4. The van der Waals surface area contributed by atoms with E-state index in [9.17, 15) is 13.2 Å². The topological polar surface area (TPSA) is 36.7 Å². The van der Waals surface area contributed by atoms with Gasteiger partial charge in [-0.3, -0.25) is 0 Å². The molecule has 0 aliphatic rings. The standard InChI is InChI=1S/C7H2BrF3N2/c8-6-3(2-12)4(9)1-5(13-6)7(10)11/h1,7H. The van der Waals surface area contributed by atoms with Crippen molar-refractivity contribution in [3.8, 4) is 6.07 Å². The molecule has 0 atom stereocenters. The van der Waals surface area contributed by atoms with Crippen LogP contribution in [0.5, 0.6) is 0 Å². The van der Waals surface area contributed by atoms with Crippen molar-refractivity contribution in [1.29, 1.82) is 5.26 Å². The van der Waals surface area contributed by atoms with E-state index in [1.54, 1.807) is 0 Å². The summed E-state index contributed by atoms with van der Waals surface area (Å²) in [4.78, 5) is 3.31. The monoisotopic (exact) mass is 250 g/mol. The van der Waals surface area contributed by atoms with Crippen LogP contribution in [0.25, 0.3) is 0 Å². The molecule has 1 aromatic rings. The van der Waals surface area contributed by atoms with Gasteiger partial charge in [-0.25, -0.2) is 18.2 Å². The zero-order valence-electron chi connectivity index (χ0n) is 6.06. The predicted octanol–water partition coefficient (Wildman–Crippen LogP) is 2.79. The van der Waals surface area contributed by atoms with E-state index in [-0.39, 0.29) is 10.2 Å². The second-order valence-corrected chi connectivity index (χ2v) is 2.86. The molecule has 1 rings (SSSR count). The first-order chi connectivity index (χ1) is 6.06. The number of pyridine rings is 1. The molecule has 0 aliphatic heterocycles. The van der Waals surface area contributed by atoms with Crippen LogP contribution in [0.3, 0.4) is 0 Å². The minimum Gasteiger partial charge on any atom is -0.238 e. The third kappa shape index (κ3) is 1.98. The molecule has 0 saturated carbocycles. The van der Waals surface area contributed by atoms with Gasteiger partial charge in [-0.2, -0.15) is 5.26 Å². The third-order valence-corrected chi connectivity index (χ3v) is 1.86. The summed E-state index contributed by atoms with van der Waals surface area (Å²) < 4.78 is 36.7. The van der Waals surface area contributed by atoms with Crippen LogP contribution >= 0.6 is 15.9 Å². The Labute approximate surface area is 80.1 Å². The zero-order valence-corrected chi connectivity index (χ0v) is 7.65. The highest BCUT2D eigenvalue weighted by Gasteiger charge is 2.15. The molecule has 1 aromatic heterocycles. The highest BCUT2D eigenvalue weighted by Crippen LogP contribution is 2.23. The molecule has 0 aromatic carbocycles. The van der Waals surface area contributed by atoms with Crippen LogP contribution in [0.4, 0.5) is 13.2 Å². The first kappa shape index (κ1) is 9.99. The number of rotatable bonds is 1. The molecule has 0 saturated heterocycles. The summed E-state index contributed by atoms with van der Waals surface area (Å²) in [5, 5.41) is 8.38. The maximum atomic E-state index is 12.8. The highest BCUT2D eigenvalue weighted by atomic mass is 79.9. The lowest BCUT2D eigenvalue weighted by Gasteiger charge is -2.01. The number of alkyl halides is 2. The van der Waals surface area contributed by atoms with Crippen molar-refractivity contribution >= 4 is 15.9 Å². The Morgan fingerprint density at radius 1 is 1.54 bits per heavy atom. The van der Waals surface area contributed by atoms with Crippen LogP contribution in [0.2, 0.25) is 0 Å². The van der Waals surface area contributed by atoms with Crippen LogP contribution in [0.15, 0.2) is 10.7 Å². The molecular formula is C7H2BrF3N2. The summed E-state index contributed by atoms with van der Waals surface area (Å²) in [5.74, 6) is -1.00. The van der Waals surface area contributed by atoms with Gasteiger partial charge in [0, 0.05) is 6.07 Å². The van der Waals surface area contributed by atoms with Crippen molar-refractivity contribution in [3.05, 3.63) is 27.7 Å². The molecule has 0 N–H and O–H groups in total. The van der Waals surface area contributed by atoms with Gasteiger partial charge < -0.3 is 0 Å². The molecular weight excluding hydrogens is 249 g/mol. The molecule has 0 aliphatic carbocycles. The van der Waals surface area contributed by atoms with Gasteiger partial charge in [0.1, 0.15) is 27.7 Å². The van der Waals surface area contributed by atoms with Gasteiger partial charge in [0.25, 0.3) is 6.43 Å². The Balaban J connectivity index is 3.30. The third-order valence-electron chi connectivity index (χ3n) is 1.28. The highest BCUT2D eigenvalue weighted by molar-refractivity contribution is 9.10. The molecule has 13 heavy (non-hydrogen) atoms. The first-order valence-corrected chi connectivity index (χ1v) is 3.89. The van der Waals surface area contributed by atoms with Crippen molar-refractivity contribution in [2.45, 2.75) is 6.43 Å². The molecule has 0 fully saturated rings. The quantitative estimate of drug-likeness (QED) is 0.719. The Hall–Kier alpha value is -1.09. The summed E-state index contributed by atoms with van der Waals surface area (Å²) >= 11 is 2.72. The molecule has 0 bridgehead atoms. The summed E-state index contributed by atoms with van der Waals surface area (Å²) in [5.41, 5.74) is -1.06. The Morgan fingerprint density at radius 3 is 2.54 bits per heavy atom. The number of hydrogen-bond acceptors (Lipinski definition) is 2. The average Bonchev–Trinajstić information content (AvgIpc) is 2.03. The Bertz CT molecular complexity index is 349. The Morgan fingerprint density at radius 2 is 2.15 bits per heavy atom. The van der Waals surface area contributed by atoms with Crippen LogP contribution in [0, 0.1) is 17.1 Å². The van der Waals surface area contributed by atoms with Gasteiger partial charge in [0.05, 0.1) is 0 Å². The fraction of sp³-hybridized carbons (Fsp3) is 0.143. The van der Waals surface area contributed by atoms with E-state index in [0.717, 1.165) is 0 Å². The number of nitriles is 1. The van der Waals surface area contributed by atoms with E-state index in [1.165, 1.54) is 6.07 Å².